The van der Waals surface area contributed by atoms with Gasteiger partial charge in [-0.3, -0.25) is 10.7 Å². The number of nitrogens with one attached hydrogen (secondary N) is 4. The summed E-state index contributed by atoms with van der Waals surface area (Å²) in [5.41, 5.74) is 2.58. The average molecular weight is 303 g/mol. The van der Waals surface area contributed by atoms with Crippen LogP contribution in [0.5, 0.6) is 0 Å². The number of rotatable bonds is 2. The van der Waals surface area contributed by atoms with E-state index >= 15 is 0 Å². The van der Waals surface area contributed by atoms with Crippen LogP contribution in [0, 0.1) is 26.2 Å². The molecule has 0 atom stereocenters. The normalized spacial score (nSPS) is 10.0. The second kappa shape index (κ2) is 6.36. The van der Waals surface area contributed by atoms with Gasteiger partial charge in [-0.2, -0.15) is 0 Å². The van der Waals surface area contributed by atoms with Gasteiger partial charge in [-0.1, -0.05) is 18.2 Å². The summed E-state index contributed by atoms with van der Waals surface area (Å²) >= 11 is 1.44. The summed E-state index contributed by atoms with van der Waals surface area (Å²) in [5, 5.41) is 16.2. The number of hydrogen-bond acceptors (Lipinski definition) is 4. The van der Waals surface area contributed by atoms with E-state index in [1.807, 2.05) is 39.0 Å². The predicted octanol–water partition coefficient (Wildman–Crippen LogP) is 3.24. The Morgan fingerprint density at radius 1 is 1.19 bits per heavy atom. The van der Waals surface area contributed by atoms with Gasteiger partial charge >= 0.3 is 6.03 Å². The minimum Gasteiger partial charge on any atom is -0.307 e. The van der Waals surface area contributed by atoms with Gasteiger partial charge in [-0.15, -0.1) is 11.3 Å². The molecule has 110 valence electrons. The SMILES string of the molecule is Cc1ccccc1NC(=O)NC(=N)Nc1nc(C)c(C)s1. The Kier molecular flexibility index (Phi) is 4.54. The second-order valence-electron chi connectivity index (χ2n) is 4.55. The van der Waals surface area contributed by atoms with Crippen molar-refractivity contribution in [1.82, 2.24) is 10.3 Å². The Morgan fingerprint density at radius 3 is 2.52 bits per heavy atom. The number of urea groups is 1. The smallest absolute Gasteiger partial charge is 0.307 e. The fourth-order valence-corrected chi connectivity index (χ4v) is 2.46. The van der Waals surface area contributed by atoms with Crippen molar-refractivity contribution in [2.24, 2.45) is 0 Å². The maximum Gasteiger partial charge on any atom is 0.326 e. The molecule has 1 heterocycles. The third-order valence-corrected chi connectivity index (χ3v) is 3.88. The number of carbonyl (C=O) groups excluding carboxylic acids is 1. The molecule has 21 heavy (non-hydrogen) atoms. The average Bonchev–Trinajstić information content (AvgIpc) is 2.70. The van der Waals surface area contributed by atoms with Crippen LogP contribution in [-0.2, 0) is 0 Å². The Hall–Kier alpha value is -2.41. The Balaban J connectivity index is 1.90. The van der Waals surface area contributed by atoms with Gasteiger partial charge in [0, 0.05) is 10.6 Å². The highest BCUT2D eigenvalue weighted by atomic mass is 32.1. The van der Waals surface area contributed by atoms with Crippen molar-refractivity contribution in [2.75, 3.05) is 10.6 Å². The number of hydrogen-bond donors (Lipinski definition) is 4. The summed E-state index contributed by atoms with van der Waals surface area (Å²) in [5.74, 6) is -0.116. The first-order valence-electron chi connectivity index (χ1n) is 6.39. The van der Waals surface area contributed by atoms with E-state index in [0.29, 0.717) is 10.8 Å². The zero-order valence-corrected chi connectivity index (χ0v) is 12.9. The van der Waals surface area contributed by atoms with Gasteiger partial charge in [0.05, 0.1) is 5.69 Å². The number of carbonyl (C=O) groups is 1. The molecule has 0 aliphatic heterocycles. The number of aromatic nitrogens is 1. The number of benzene rings is 1. The highest BCUT2D eigenvalue weighted by Gasteiger charge is 2.09. The van der Waals surface area contributed by atoms with Gasteiger partial charge in [0.25, 0.3) is 0 Å². The van der Waals surface area contributed by atoms with E-state index in [2.05, 4.69) is 20.9 Å². The molecule has 0 spiro atoms. The molecule has 0 unspecified atom stereocenters. The zero-order valence-electron chi connectivity index (χ0n) is 12.1. The number of anilines is 2. The fourth-order valence-electron chi connectivity index (χ4n) is 1.64. The van der Waals surface area contributed by atoms with E-state index in [0.717, 1.165) is 16.1 Å². The third kappa shape index (κ3) is 4.03. The summed E-state index contributed by atoms with van der Waals surface area (Å²) in [4.78, 5) is 17.1. The highest BCUT2D eigenvalue weighted by molar-refractivity contribution is 7.15. The van der Waals surface area contributed by atoms with Crippen LogP contribution >= 0.6 is 11.3 Å². The van der Waals surface area contributed by atoms with Crippen LogP contribution < -0.4 is 16.0 Å². The largest absolute Gasteiger partial charge is 0.326 e. The van der Waals surface area contributed by atoms with Crippen LogP contribution in [0.1, 0.15) is 16.1 Å². The summed E-state index contributed by atoms with van der Waals surface area (Å²) < 4.78 is 0. The summed E-state index contributed by atoms with van der Waals surface area (Å²) in [7, 11) is 0. The molecular weight excluding hydrogens is 286 g/mol. The minimum absolute atomic E-state index is 0.116. The molecule has 2 rings (SSSR count). The van der Waals surface area contributed by atoms with Gasteiger partial charge < -0.3 is 10.6 Å². The van der Waals surface area contributed by atoms with E-state index < -0.39 is 6.03 Å². The van der Waals surface area contributed by atoms with Gasteiger partial charge in [-0.05, 0) is 32.4 Å². The maximum absolute atomic E-state index is 11.8. The van der Waals surface area contributed by atoms with Gasteiger partial charge in [0.1, 0.15) is 0 Å². The first-order valence-corrected chi connectivity index (χ1v) is 7.20. The fraction of sp³-hybridized carbons (Fsp3) is 0.214. The molecule has 0 aliphatic rings. The van der Waals surface area contributed by atoms with Crippen molar-refractivity contribution in [2.45, 2.75) is 20.8 Å². The lowest BCUT2D eigenvalue weighted by Crippen LogP contribution is -2.38. The lowest BCUT2D eigenvalue weighted by atomic mass is 10.2. The number of guanidine groups is 1. The molecule has 0 saturated heterocycles. The molecule has 4 N–H and O–H groups in total. The van der Waals surface area contributed by atoms with Crippen LogP contribution in [0.25, 0.3) is 0 Å². The Morgan fingerprint density at radius 2 is 1.90 bits per heavy atom. The number of amides is 2. The minimum atomic E-state index is -0.466. The van der Waals surface area contributed by atoms with Gasteiger partial charge in [0.2, 0.25) is 5.96 Å². The molecule has 1 aromatic carbocycles. The summed E-state index contributed by atoms with van der Waals surface area (Å²) in [6.45, 7) is 5.76. The zero-order chi connectivity index (χ0) is 15.4. The van der Waals surface area contributed by atoms with E-state index in [4.69, 9.17) is 5.41 Å². The number of nitrogens with zero attached hydrogens (tertiary/aromatic N) is 1. The van der Waals surface area contributed by atoms with Crippen molar-refractivity contribution < 1.29 is 4.79 Å². The van der Waals surface area contributed by atoms with E-state index in [9.17, 15) is 4.79 Å². The molecular formula is C14H17N5OS. The van der Waals surface area contributed by atoms with Crippen molar-refractivity contribution in [3.8, 4) is 0 Å². The molecule has 0 aliphatic carbocycles. The van der Waals surface area contributed by atoms with Crippen molar-refractivity contribution in [3.05, 3.63) is 40.4 Å². The molecule has 0 bridgehead atoms. The lowest BCUT2D eigenvalue weighted by Gasteiger charge is -2.10. The van der Waals surface area contributed by atoms with Crippen molar-refractivity contribution >= 4 is 34.1 Å². The first-order chi connectivity index (χ1) is 9.95. The molecule has 1 aromatic heterocycles. The monoisotopic (exact) mass is 303 g/mol. The van der Waals surface area contributed by atoms with Crippen LogP contribution in [-0.4, -0.2) is 17.0 Å². The topological polar surface area (TPSA) is 89.9 Å². The van der Waals surface area contributed by atoms with Crippen LogP contribution in [0.15, 0.2) is 24.3 Å². The van der Waals surface area contributed by atoms with Gasteiger partial charge in [0.15, 0.2) is 5.13 Å². The summed E-state index contributed by atoms with van der Waals surface area (Å²) in [6, 6.07) is 6.98. The lowest BCUT2D eigenvalue weighted by molar-refractivity contribution is 0.256. The van der Waals surface area contributed by atoms with Gasteiger partial charge in [-0.25, -0.2) is 9.78 Å². The predicted molar refractivity (Wildman–Crippen MR) is 86.3 cm³/mol. The third-order valence-electron chi connectivity index (χ3n) is 2.89. The molecule has 6 nitrogen and oxygen atoms in total. The molecule has 0 saturated carbocycles. The van der Waals surface area contributed by atoms with Crippen molar-refractivity contribution in [3.63, 3.8) is 0 Å². The molecule has 0 radical (unpaired) electrons. The van der Waals surface area contributed by atoms with Crippen LogP contribution in [0.3, 0.4) is 0 Å². The Labute approximate surface area is 127 Å². The van der Waals surface area contributed by atoms with E-state index in [1.165, 1.54) is 11.3 Å². The van der Waals surface area contributed by atoms with Crippen molar-refractivity contribution in [1.29, 1.82) is 5.41 Å². The molecule has 2 amide bonds. The first kappa shape index (κ1) is 15.0. The second-order valence-corrected chi connectivity index (χ2v) is 5.76. The number of thiazole rings is 1. The number of para-hydroxylation sites is 1. The standard InChI is InChI=1S/C14H17N5OS/c1-8-6-4-5-7-11(8)17-13(20)18-12(15)19-14-16-9(2)10(3)21-14/h4-7H,1-3H3,(H4,15,16,17,18,19,20). The highest BCUT2D eigenvalue weighted by Crippen LogP contribution is 2.20. The molecule has 0 fully saturated rings. The summed E-state index contributed by atoms with van der Waals surface area (Å²) in [6.07, 6.45) is 0. The number of aryl methyl sites for hydroxylation is 3. The van der Waals surface area contributed by atoms with Crippen LogP contribution in [0.2, 0.25) is 0 Å². The maximum atomic E-state index is 11.8. The molecule has 2 aromatic rings. The van der Waals surface area contributed by atoms with E-state index in [1.54, 1.807) is 6.07 Å². The Bertz CT molecular complexity index is 660. The van der Waals surface area contributed by atoms with E-state index in [-0.39, 0.29) is 5.96 Å². The van der Waals surface area contributed by atoms with Crippen LogP contribution in [0.4, 0.5) is 15.6 Å². The molecule has 7 heteroatoms. The quantitative estimate of drug-likeness (QED) is 0.507.